The number of ether oxygens (including phenoxy) is 1. The van der Waals surface area contributed by atoms with Crippen molar-refractivity contribution in [3.8, 4) is 0 Å². The van der Waals surface area contributed by atoms with Gasteiger partial charge in [0.1, 0.15) is 18.9 Å². The van der Waals surface area contributed by atoms with E-state index in [9.17, 15) is 9.59 Å². The standard InChI is InChI=1S/C29H38N3O3.ClH/c1-22-30-16-11-25(31-22)19-26(33)20-32-17-12-23(13-18-32)27(21-32)35-28(34)29(14-7-2-3-8-15-29)24-9-5-4-6-10-24;/h4-6,9-11,16,23,27H,2-3,7-8,12-15,17-21H2,1H3;1H/q+1;/p-1/t23?,27-,32?;/m0./s1. The van der Waals surface area contributed by atoms with Crippen LogP contribution in [-0.2, 0) is 26.2 Å². The highest BCUT2D eigenvalue weighted by molar-refractivity contribution is 5.83. The van der Waals surface area contributed by atoms with Crippen LogP contribution < -0.4 is 12.4 Å². The molecule has 4 fully saturated rings. The van der Waals surface area contributed by atoms with Crippen molar-refractivity contribution in [2.45, 2.75) is 76.2 Å². The van der Waals surface area contributed by atoms with Gasteiger partial charge in [-0.05, 0) is 31.4 Å². The minimum Gasteiger partial charge on any atom is -1.00 e. The minimum atomic E-state index is -0.532. The molecule has 7 heteroatoms. The van der Waals surface area contributed by atoms with Crippen molar-refractivity contribution < 1.29 is 31.2 Å². The highest BCUT2D eigenvalue weighted by Crippen LogP contribution is 2.42. The summed E-state index contributed by atoms with van der Waals surface area (Å²) in [7, 11) is 0. The number of piperidine rings is 3. The van der Waals surface area contributed by atoms with E-state index in [1.165, 1.54) is 12.8 Å². The van der Waals surface area contributed by atoms with Gasteiger partial charge in [-0.3, -0.25) is 9.59 Å². The predicted octanol–water partition coefficient (Wildman–Crippen LogP) is 1.35. The van der Waals surface area contributed by atoms with Crippen LogP contribution in [0.1, 0.15) is 68.4 Å². The van der Waals surface area contributed by atoms with Gasteiger partial charge in [0.2, 0.25) is 0 Å². The van der Waals surface area contributed by atoms with Crippen molar-refractivity contribution in [1.29, 1.82) is 0 Å². The summed E-state index contributed by atoms with van der Waals surface area (Å²) >= 11 is 0. The number of fused-ring (bicyclic) bond motifs is 3. The lowest BCUT2D eigenvalue weighted by atomic mass is 9.74. The van der Waals surface area contributed by atoms with Crippen molar-refractivity contribution in [3.05, 3.63) is 59.7 Å². The number of aryl methyl sites for hydroxylation is 1. The molecule has 1 aliphatic carbocycles. The summed E-state index contributed by atoms with van der Waals surface area (Å²) < 4.78 is 7.18. The lowest BCUT2D eigenvalue weighted by Crippen LogP contribution is -3.00. The molecule has 0 N–H and O–H groups in total. The van der Waals surface area contributed by atoms with Gasteiger partial charge >= 0.3 is 5.97 Å². The fraction of sp³-hybridized carbons (Fsp3) is 0.586. The SMILES string of the molecule is Cc1nccc(CC(=O)C[N+]23CCC(CC2)[C@@H](OC(=O)C2(c4ccccc4)CCCCCC2)C3)n1.[Cl-]. The van der Waals surface area contributed by atoms with E-state index in [0.29, 0.717) is 24.7 Å². The van der Waals surface area contributed by atoms with Crippen molar-refractivity contribution >= 4 is 11.8 Å². The Labute approximate surface area is 220 Å². The van der Waals surface area contributed by atoms with E-state index in [1.807, 2.05) is 31.2 Å². The van der Waals surface area contributed by atoms with Gasteiger partial charge in [-0.2, -0.15) is 0 Å². The number of nitrogens with zero attached hydrogens (tertiary/aromatic N) is 3. The first kappa shape index (κ1) is 26.7. The van der Waals surface area contributed by atoms with Crippen LogP contribution in [0.3, 0.4) is 0 Å². The fourth-order valence-electron chi connectivity index (χ4n) is 6.76. The zero-order valence-corrected chi connectivity index (χ0v) is 22.1. The Morgan fingerprint density at radius 1 is 1.03 bits per heavy atom. The number of halogens is 1. The highest BCUT2D eigenvalue weighted by Gasteiger charge is 2.50. The third-order valence-electron chi connectivity index (χ3n) is 8.70. The average molecular weight is 512 g/mol. The second kappa shape index (κ2) is 11.4. The average Bonchev–Trinajstić information content (AvgIpc) is 3.12. The van der Waals surface area contributed by atoms with Crippen LogP contribution in [0.15, 0.2) is 42.6 Å². The number of Topliss-reactive ketones (excluding diaryl/α,β-unsaturated/α-hetero) is 1. The summed E-state index contributed by atoms with van der Waals surface area (Å²) in [5.74, 6) is 1.28. The topological polar surface area (TPSA) is 69.2 Å². The maximum absolute atomic E-state index is 13.9. The lowest BCUT2D eigenvalue weighted by molar-refractivity contribution is -0.939. The fourth-order valence-corrected chi connectivity index (χ4v) is 6.76. The Bertz CT molecular complexity index is 1040. The molecule has 36 heavy (non-hydrogen) atoms. The van der Waals surface area contributed by atoms with E-state index in [-0.39, 0.29) is 30.3 Å². The van der Waals surface area contributed by atoms with Crippen molar-refractivity contribution in [3.63, 3.8) is 0 Å². The van der Waals surface area contributed by atoms with Gasteiger partial charge < -0.3 is 21.6 Å². The molecule has 4 aliphatic rings. The van der Waals surface area contributed by atoms with Crippen LogP contribution in [0.5, 0.6) is 0 Å². The first-order valence-corrected chi connectivity index (χ1v) is 13.4. The number of carbonyl (C=O) groups is 2. The predicted molar refractivity (Wildman–Crippen MR) is 134 cm³/mol. The third-order valence-corrected chi connectivity index (χ3v) is 8.70. The Hall–Kier alpha value is -2.31. The van der Waals surface area contributed by atoms with Crippen molar-refractivity contribution in [1.82, 2.24) is 9.97 Å². The molecule has 6 nitrogen and oxygen atoms in total. The number of aromatic nitrogens is 2. The maximum atomic E-state index is 13.9. The zero-order valence-electron chi connectivity index (χ0n) is 21.3. The molecule has 3 aliphatic heterocycles. The van der Waals surface area contributed by atoms with Gasteiger partial charge in [-0.15, -0.1) is 0 Å². The summed E-state index contributed by atoms with van der Waals surface area (Å²) in [5.41, 5.74) is 1.36. The Balaban J connectivity index is 0.00000304. The lowest BCUT2D eigenvalue weighted by Gasteiger charge is -2.52. The van der Waals surface area contributed by atoms with Crippen LogP contribution in [0.25, 0.3) is 0 Å². The molecule has 1 aromatic carbocycles. The summed E-state index contributed by atoms with van der Waals surface area (Å²) in [4.78, 5) is 35.5. The summed E-state index contributed by atoms with van der Waals surface area (Å²) in [6.07, 6.45) is 10.2. The maximum Gasteiger partial charge on any atom is 0.317 e. The smallest absolute Gasteiger partial charge is 0.317 e. The first-order valence-electron chi connectivity index (χ1n) is 13.4. The number of ketones is 1. The van der Waals surface area contributed by atoms with Gasteiger partial charge in [-0.25, -0.2) is 9.97 Å². The van der Waals surface area contributed by atoms with Crippen LogP contribution in [0.2, 0.25) is 0 Å². The van der Waals surface area contributed by atoms with Crippen LogP contribution in [-0.4, -0.2) is 58.5 Å². The normalized spacial score (nSPS) is 26.9. The van der Waals surface area contributed by atoms with E-state index >= 15 is 0 Å². The first-order chi connectivity index (χ1) is 17.0. The van der Waals surface area contributed by atoms with Gasteiger partial charge in [0.15, 0.2) is 11.9 Å². The molecule has 4 heterocycles. The number of quaternary nitrogens is 1. The molecule has 194 valence electrons. The minimum absolute atomic E-state index is 0. The summed E-state index contributed by atoms with van der Waals surface area (Å²) in [6, 6.07) is 12.1. The second-order valence-electron chi connectivity index (χ2n) is 11.1. The number of hydrogen-bond donors (Lipinski definition) is 0. The van der Waals surface area contributed by atoms with E-state index < -0.39 is 5.41 Å². The molecule has 0 spiro atoms. The van der Waals surface area contributed by atoms with Crippen molar-refractivity contribution in [2.24, 2.45) is 5.92 Å². The van der Waals surface area contributed by atoms with Gasteiger partial charge in [0.25, 0.3) is 0 Å². The number of hydrogen-bond acceptors (Lipinski definition) is 5. The number of rotatable bonds is 7. The third kappa shape index (κ3) is 5.65. The van der Waals surface area contributed by atoms with E-state index in [2.05, 4.69) is 22.1 Å². The highest BCUT2D eigenvalue weighted by atomic mass is 35.5. The van der Waals surface area contributed by atoms with Gasteiger partial charge in [0.05, 0.1) is 30.6 Å². The molecule has 0 radical (unpaired) electrons. The molecule has 0 unspecified atom stereocenters. The molecule has 1 saturated carbocycles. The number of carbonyl (C=O) groups excluding carboxylic acids is 2. The van der Waals surface area contributed by atoms with Crippen LogP contribution >= 0.6 is 0 Å². The largest absolute Gasteiger partial charge is 1.00 e. The van der Waals surface area contributed by atoms with E-state index in [0.717, 1.165) is 73.9 Å². The molecule has 1 aromatic heterocycles. The molecular weight excluding hydrogens is 474 g/mol. The second-order valence-corrected chi connectivity index (χ2v) is 11.1. The molecule has 6 rings (SSSR count). The number of esters is 1. The summed E-state index contributed by atoms with van der Waals surface area (Å²) in [5, 5.41) is 0. The molecule has 2 bridgehead atoms. The number of benzene rings is 1. The quantitative estimate of drug-likeness (QED) is 0.319. The summed E-state index contributed by atoms with van der Waals surface area (Å²) in [6.45, 7) is 5.10. The molecule has 0 amide bonds. The Kier molecular flexibility index (Phi) is 8.46. The molecular formula is C29H38ClN3O3. The molecule has 3 saturated heterocycles. The Morgan fingerprint density at radius 2 is 1.72 bits per heavy atom. The van der Waals surface area contributed by atoms with E-state index in [1.54, 1.807) is 6.20 Å². The molecule has 1 atom stereocenters. The van der Waals surface area contributed by atoms with Gasteiger partial charge in [0, 0.05) is 25.0 Å². The van der Waals surface area contributed by atoms with Crippen LogP contribution in [0, 0.1) is 12.8 Å². The van der Waals surface area contributed by atoms with E-state index in [4.69, 9.17) is 4.74 Å². The molecule has 2 aromatic rings. The van der Waals surface area contributed by atoms with Crippen LogP contribution in [0.4, 0.5) is 0 Å². The monoisotopic (exact) mass is 511 g/mol. The van der Waals surface area contributed by atoms with Gasteiger partial charge in [-0.1, -0.05) is 56.0 Å². The Morgan fingerprint density at radius 3 is 2.39 bits per heavy atom. The zero-order chi connectivity index (χ0) is 24.3. The van der Waals surface area contributed by atoms with Crippen molar-refractivity contribution in [2.75, 3.05) is 26.2 Å².